The van der Waals surface area contributed by atoms with Crippen LogP contribution in [0.1, 0.15) is 11.7 Å². The Morgan fingerprint density at radius 3 is 2.06 bits per heavy atom. The van der Waals surface area contributed by atoms with Gasteiger partial charge in [-0.15, -0.1) is 0 Å². The van der Waals surface area contributed by atoms with Gasteiger partial charge in [-0.25, -0.2) is 0 Å². The maximum atomic E-state index is 12.8. The molecule has 0 amide bonds. The summed E-state index contributed by atoms with van der Waals surface area (Å²) in [5.41, 5.74) is 0.236. The van der Waals surface area contributed by atoms with Crippen LogP contribution < -0.4 is 0 Å². The first-order valence-corrected chi connectivity index (χ1v) is 6.13. The van der Waals surface area contributed by atoms with Crippen molar-refractivity contribution in [3.63, 3.8) is 0 Å². The molecule has 0 saturated heterocycles. The van der Waals surface area contributed by atoms with Crippen LogP contribution in [0.3, 0.4) is 0 Å². The minimum absolute atomic E-state index is 0.236. The fourth-order valence-corrected chi connectivity index (χ4v) is 1.32. The van der Waals surface area contributed by atoms with Crippen molar-refractivity contribution in [3.8, 4) is 11.8 Å². The monoisotopic (exact) mass is 388 g/mol. The molecule has 1 unspecified atom stereocenters. The fourth-order valence-electron chi connectivity index (χ4n) is 0.958. The maximum Gasteiger partial charge on any atom is 0.380 e. The molecule has 7 heteroatoms. The number of alkyl halides is 5. The van der Waals surface area contributed by atoms with Crippen LogP contribution in [0.25, 0.3) is 0 Å². The van der Waals surface area contributed by atoms with E-state index in [1.54, 1.807) is 34.0 Å². The third-order valence-corrected chi connectivity index (χ3v) is 2.93. The van der Waals surface area contributed by atoms with Crippen molar-refractivity contribution in [3.05, 3.63) is 34.3 Å². The van der Waals surface area contributed by atoms with Crippen molar-refractivity contribution >= 4 is 31.9 Å². The number of benzene rings is 1. The standard InChI is InChI=1S/C11H6Br2F4O/c12-8-3-1-7(2-4-8)9(18)5-6-10(14,15)11(13,16)17/h1-4,9,18H. The molecule has 0 aliphatic heterocycles. The van der Waals surface area contributed by atoms with E-state index in [9.17, 15) is 22.7 Å². The van der Waals surface area contributed by atoms with Gasteiger partial charge in [-0.3, -0.25) is 0 Å². The molecule has 0 spiro atoms. The molecule has 0 heterocycles. The quantitative estimate of drug-likeness (QED) is 0.458. The van der Waals surface area contributed by atoms with Gasteiger partial charge in [0.05, 0.1) is 0 Å². The van der Waals surface area contributed by atoms with Crippen LogP contribution in [0.15, 0.2) is 28.7 Å². The first kappa shape index (κ1) is 15.5. The zero-order chi connectivity index (χ0) is 14.0. The Bertz CT molecular complexity index is 471. The Labute approximate surface area is 117 Å². The van der Waals surface area contributed by atoms with Gasteiger partial charge in [-0.05, 0) is 39.5 Å². The van der Waals surface area contributed by atoms with Gasteiger partial charge in [0.2, 0.25) is 0 Å². The van der Waals surface area contributed by atoms with Crippen LogP contribution in [-0.4, -0.2) is 15.9 Å². The number of hydrogen-bond donors (Lipinski definition) is 1. The Morgan fingerprint density at radius 1 is 1.11 bits per heavy atom. The zero-order valence-electron chi connectivity index (χ0n) is 8.60. The average Bonchev–Trinajstić information content (AvgIpc) is 2.25. The molecule has 0 saturated carbocycles. The Kier molecular flexibility index (Phi) is 4.81. The lowest BCUT2D eigenvalue weighted by atomic mass is 10.1. The highest BCUT2D eigenvalue weighted by Gasteiger charge is 2.53. The molecule has 1 rings (SSSR count). The predicted molar refractivity (Wildman–Crippen MR) is 65.7 cm³/mol. The fraction of sp³-hybridized carbons (Fsp3) is 0.273. The first-order chi connectivity index (χ1) is 8.13. The summed E-state index contributed by atoms with van der Waals surface area (Å²) in [4.78, 5) is -4.44. The second-order valence-electron chi connectivity index (χ2n) is 3.30. The van der Waals surface area contributed by atoms with Crippen molar-refractivity contribution in [2.24, 2.45) is 0 Å². The number of rotatable bonds is 2. The summed E-state index contributed by atoms with van der Waals surface area (Å²) in [6.07, 6.45) is -1.56. The third kappa shape index (κ3) is 3.97. The van der Waals surface area contributed by atoms with E-state index in [1.165, 1.54) is 12.1 Å². The third-order valence-electron chi connectivity index (χ3n) is 1.91. The van der Waals surface area contributed by atoms with E-state index in [0.717, 1.165) is 10.4 Å². The van der Waals surface area contributed by atoms with E-state index < -0.39 is 16.9 Å². The van der Waals surface area contributed by atoms with Gasteiger partial charge in [-0.1, -0.05) is 34.0 Å². The van der Waals surface area contributed by atoms with Crippen molar-refractivity contribution in [2.45, 2.75) is 16.9 Å². The average molecular weight is 390 g/mol. The Morgan fingerprint density at radius 2 is 1.61 bits per heavy atom. The molecule has 1 atom stereocenters. The lowest BCUT2D eigenvalue weighted by molar-refractivity contribution is -0.104. The second kappa shape index (κ2) is 5.59. The van der Waals surface area contributed by atoms with Gasteiger partial charge >= 0.3 is 10.8 Å². The van der Waals surface area contributed by atoms with Crippen LogP contribution in [-0.2, 0) is 0 Å². The smallest absolute Gasteiger partial charge is 0.376 e. The van der Waals surface area contributed by atoms with E-state index in [2.05, 4.69) is 15.9 Å². The van der Waals surface area contributed by atoms with Crippen LogP contribution >= 0.6 is 31.9 Å². The summed E-state index contributed by atoms with van der Waals surface area (Å²) in [7, 11) is 0. The van der Waals surface area contributed by atoms with Crippen LogP contribution in [0.4, 0.5) is 17.6 Å². The van der Waals surface area contributed by atoms with E-state index >= 15 is 0 Å². The lowest BCUT2D eigenvalue weighted by Crippen LogP contribution is -2.33. The van der Waals surface area contributed by atoms with Gasteiger partial charge in [0.25, 0.3) is 0 Å². The highest BCUT2D eigenvalue weighted by atomic mass is 79.9. The highest BCUT2D eigenvalue weighted by molar-refractivity contribution is 9.10. The molecule has 1 N–H and O–H groups in total. The number of aliphatic hydroxyl groups excluding tert-OH is 1. The SMILES string of the molecule is OC(C#CC(F)(F)C(F)(F)Br)c1ccc(Br)cc1. The molecule has 0 radical (unpaired) electrons. The summed E-state index contributed by atoms with van der Waals surface area (Å²) in [5, 5.41) is 9.46. The van der Waals surface area contributed by atoms with E-state index in [0.29, 0.717) is 0 Å². The van der Waals surface area contributed by atoms with Gasteiger partial charge in [0, 0.05) is 4.47 Å². The largest absolute Gasteiger partial charge is 0.380 e. The minimum Gasteiger partial charge on any atom is -0.376 e. The highest BCUT2D eigenvalue weighted by Crippen LogP contribution is 2.38. The molecular weight excluding hydrogens is 384 g/mol. The predicted octanol–water partition coefficient (Wildman–Crippen LogP) is 4.11. The lowest BCUT2D eigenvalue weighted by Gasteiger charge is -2.15. The molecule has 0 aliphatic carbocycles. The van der Waals surface area contributed by atoms with Crippen molar-refractivity contribution < 1.29 is 22.7 Å². The molecule has 18 heavy (non-hydrogen) atoms. The van der Waals surface area contributed by atoms with E-state index in [1.807, 2.05) is 0 Å². The molecule has 0 bridgehead atoms. The maximum absolute atomic E-state index is 12.8. The summed E-state index contributed by atoms with van der Waals surface area (Å²) in [6.45, 7) is 0. The van der Waals surface area contributed by atoms with E-state index in [-0.39, 0.29) is 5.56 Å². The van der Waals surface area contributed by atoms with Crippen molar-refractivity contribution in [2.75, 3.05) is 0 Å². The second-order valence-corrected chi connectivity index (χ2v) is 5.21. The summed E-state index contributed by atoms with van der Waals surface area (Å²) < 4.78 is 51.1. The Balaban J connectivity index is 2.89. The van der Waals surface area contributed by atoms with Gasteiger partial charge in [0.15, 0.2) is 0 Å². The van der Waals surface area contributed by atoms with E-state index in [4.69, 9.17) is 0 Å². The summed E-state index contributed by atoms with van der Waals surface area (Å²) in [5.74, 6) is -1.79. The number of halogens is 6. The number of hydrogen-bond acceptors (Lipinski definition) is 1. The molecule has 1 aromatic carbocycles. The van der Waals surface area contributed by atoms with Crippen LogP contribution in [0.2, 0.25) is 0 Å². The Hall–Kier alpha value is -0.580. The van der Waals surface area contributed by atoms with Crippen molar-refractivity contribution in [1.82, 2.24) is 0 Å². The molecular formula is C11H6Br2F4O. The molecule has 1 aromatic rings. The minimum atomic E-state index is -4.55. The van der Waals surface area contributed by atoms with Gasteiger partial charge < -0.3 is 5.11 Å². The van der Waals surface area contributed by atoms with Crippen molar-refractivity contribution in [1.29, 1.82) is 0 Å². The molecule has 0 aliphatic rings. The normalized spacial score (nSPS) is 13.7. The summed E-state index contributed by atoms with van der Waals surface area (Å²) >= 11 is 4.69. The van der Waals surface area contributed by atoms with Gasteiger partial charge in [0.1, 0.15) is 6.10 Å². The molecule has 0 fully saturated rings. The van der Waals surface area contributed by atoms with Crippen LogP contribution in [0, 0.1) is 11.8 Å². The topological polar surface area (TPSA) is 20.2 Å². The van der Waals surface area contributed by atoms with Crippen LogP contribution in [0.5, 0.6) is 0 Å². The van der Waals surface area contributed by atoms with Gasteiger partial charge in [-0.2, -0.15) is 17.6 Å². The zero-order valence-corrected chi connectivity index (χ0v) is 11.8. The first-order valence-electron chi connectivity index (χ1n) is 4.54. The molecule has 98 valence electrons. The molecule has 0 aromatic heterocycles. The summed E-state index contributed by atoms with van der Waals surface area (Å²) in [6, 6.07) is 6.01. The number of aliphatic hydroxyl groups is 1. The molecule has 1 nitrogen and oxygen atoms in total.